The molecular formula is C13H21N3O. The molecule has 0 amide bonds. The zero-order chi connectivity index (χ0) is 13.1. The Morgan fingerprint density at radius 2 is 1.71 bits per heavy atom. The summed E-state index contributed by atoms with van der Waals surface area (Å²) in [7, 11) is 0. The largest absolute Gasteiger partial charge is 0.388 e. The summed E-state index contributed by atoms with van der Waals surface area (Å²) in [5.41, 5.74) is 5.10. The van der Waals surface area contributed by atoms with Crippen molar-refractivity contribution in [3.63, 3.8) is 0 Å². The first-order chi connectivity index (χ1) is 7.72. The van der Waals surface area contributed by atoms with Gasteiger partial charge in [0.15, 0.2) is 5.96 Å². The molecular weight excluding hydrogens is 214 g/mol. The number of hydrogen-bond acceptors (Lipinski definition) is 2. The average molecular weight is 235 g/mol. The first-order valence-corrected chi connectivity index (χ1v) is 5.62. The second kappa shape index (κ2) is 4.75. The number of nitrogens with two attached hydrogens (primary N) is 1. The minimum absolute atomic E-state index is 0.295. The van der Waals surface area contributed by atoms with Gasteiger partial charge in [0.05, 0.1) is 11.1 Å². The predicted octanol–water partition coefficient (Wildman–Crippen LogP) is 1.96. The van der Waals surface area contributed by atoms with Crippen LogP contribution in [-0.2, 0) is 0 Å². The summed E-state index contributed by atoms with van der Waals surface area (Å²) >= 11 is 0. The monoisotopic (exact) mass is 235 g/mol. The summed E-state index contributed by atoms with van der Waals surface area (Å²) < 4.78 is 0. The summed E-state index contributed by atoms with van der Waals surface area (Å²) in [6.45, 7) is 7.11. The maximum absolute atomic E-state index is 9.97. The normalized spacial score (nSPS) is 13.6. The van der Waals surface area contributed by atoms with Gasteiger partial charge in [-0.3, -0.25) is 0 Å². The Kier molecular flexibility index (Phi) is 3.78. The van der Waals surface area contributed by atoms with Crippen LogP contribution in [0.15, 0.2) is 35.3 Å². The van der Waals surface area contributed by atoms with E-state index in [-0.39, 0.29) is 0 Å². The molecule has 1 aromatic carbocycles. The number of aliphatic imine (C=N–C) groups is 1. The van der Waals surface area contributed by atoms with Crippen LogP contribution in [0.2, 0.25) is 0 Å². The minimum Gasteiger partial charge on any atom is -0.388 e. The van der Waals surface area contributed by atoms with Gasteiger partial charge in [-0.2, -0.15) is 0 Å². The van der Waals surface area contributed by atoms with Gasteiger partial charge in [-0.1, -0.05) is 18.2 Å². The Bertz CT molecular complexity index is 391. The number of rotatable bonds is 3. The number of nitrogens with zero attached hydrogens (tertiary/aromatic N) is 1. The molecule has 17 heavy (non-hydrogen) atoms. The van der Waals surface area contributed by atoms with Crippen LogP contribution in [0.4, 0.5) is 5.69 Å². The van der Waals surface area contributed by atoms with Crippen molar-refractivity contribution in [3.05, 3.63) is 30.3 Å². The SMILES string of the molecule is CC(C)(O)C(C)(C)N=C(N)Nc1ccccc1. The summed E-state index contributed by atoms with van der Waals surface area (Å²) in [5, 5.41) is 13.0. The highest BCUT2D eigenvalue weighted by Gasteiger charge is 2.34. The predicted molar refractivity (Wildman–Crippen MR) is 72.1 cm³/mol. The first-order valence-electron chi connectivity index (χ1n) is 5.62. The van der Waals surface area contributed by atoms with Crippen molar-refractivity contribution in [1.29, 1.82) is 0 Å². The molecule has 94 valence electrons. The van der Waals surface area contributed by atoms with E-state index in [1.165, 1.54) is 0 Å². The van der Waals surface area contributed by atoms with Gasteiger partial charge < -0.3 is 16.2 Å². The highest BCUT2D eigenvalue weighted by molar-refractivity contribution is 5.92. The Hall–Kier alpha value is -1.55. The minimum atomic E-state index is -0.935. The van der Waals surface area contributed by atoms with Gasteiger partial charge in [0, 0.05) is 5.69 Å². The maximum atomic E-state index is 9.97. The van der Waals surface area contributed by atoms with Crippen LogP contribution in [0.25, 0.3) is 0 Å². The van der Waals surface area contributed by atoms with Gasteiger partial charge in [0.2, 0.25) is 0 Å². The van der Waals surface area contributed by atoms with E-state index in [1.807, 2.05) is 44.2 Å². The molecule has 0 spiro atoms. The molecule has 0 radical (unpaired) electrons. The van der Waals surface area contributed by atoms with Crippen LogP contribution in [0, 0.1) is 0 Å². The summed E-state index contributed by atoms with van der Waals surface area (Å²) in [4.78, 5) is 4.31. The molecule has 1 rings (SSSR count). The number of guanidine groups is 1. The third-order valence-corrected chi connectivity index (χ3v) is 2.94. The lowest BCUT2D eigenvalue weighted by Gasteiger charge is -2.33. The van der Waals surface area contributed by atoms with Gasteiger partial charge >= 0.3 is 0 Å². The maximum Gasteiger partial charge on any atom is 0.193 e. The molecule has 0 fully saturated rings. The molecule has 0 saturated heterocycles. The number of aliphatic hydroxyl groups is 1. The third-order valence-electron chi connectivity index (χ3n) is 2.94. The Morgan fingerprint density at radius 1 is 1.18 bits per heavy atom. The van der Waals surface area contributed by atoms with E-state index in [0.717, 1.165) is 5.69 Å². The summed E-state index contributed by atoms with van der Waals surface area (Å²) in [6, 6.07) is 9.56. The van der Waals surface area contributed by atoms with Gasteiger partial charge in [0.25, 0.3) is 0 Å². The standard InChI is InChI=1S/C13H21N3O/c1-12(2,13(3,4)17)16-11(14)15-10-8-6-5-7-9-10/h5-9,17H,1-4H3,(H3,14,15,16). The van der Waals surface area contributed by atoms with Crippen LogP contribution >= 0.6 is 0 Å². The summed E-state index contributed by atoms with van der Waals surface area (Å²) in [5.74, 6) is 0.295. The second-order valence-electron chi connectivity index (χ2n) is 5.11. The molecule has 0 unspecified atom stereocenters. The lowest BCUT2D eigenvalue weighted by molar-refractivity contribution is 0.0156. The van der Waals surface area contributed by atoms with E-state index in [9.17, 15) is 5.11 Å². The fourth-order valence-electron chi connectivity index (χ4n) is 1.14. The molecule has 0 aliphatic rings. The topological polar surface area (TPSA) is 70.6 Å². The van der Waals surface area contributed by atoms with Gasteiger partial charge in [-0.15, -0.1) is 0 Å². The highest BCUT2D eigenvalue weighted by atomic mass is 16.3. The fourth-order valence-corrected chi connectivity index (χ4v) is 1.14. The number of hydrogen-bond donors (Lipinski definition) is 3. The molecule has 4 N–H and O–H groups in total. The van der Waals surface area contributed by atoms with Crippen molar-refractivity contribution in [3.8, 4) is 0 Å². The van der Waals surface area contributed by atoms with Crippen LogP contribution in [0.1, 0.15) is 27.7 Å². The number of anilines is 1. The van der Waals surface area contributed by atoms with Crippen LogP contribution in [0.5, 0.6) is 0 Å². The Balaban J connectivity index is 2.81. The van der Waals surface area contributed by atoms with E-state index in [0.29, 0.717) is 5.96 Å². The van der Waals surface area contributed by atoms with Crippen LogP contribution in [-0.4, -0.2) is 22.2 Å². The fraction of sp³-hybridized carbons (Fsp3) is 0.462. The van der Waals surface area contributed by atoms with E-state index < -0.39 is 11.1 Å². The number of para-hydroxylation sites is 1. The quantitative estimate of drug-likeness (QED) is 0.554. The number of nitrogens with one attached hydrogen (secondary N) is 1. The van der Waals surface area contributed by atoms with Gasteiger partial charge in [-0.25, -0.2) is 4.99 Å². The van der Waals surface area contributed by atoms with E-state index in [4.69, 9.17) is 5.73 Å². The van der Waals surface area contributed by atoms with Crippen molar-refractivity contribution in [2.24, 2.45) is 10.7 Å². The van der Waals surface area contributed by atoms with Gasteiger partial charge in [0.1, 0.15) is 0 Å². The van der Waals surface area contributed by atoms with Crippen LogP contribution < -0.4 is 11.1 Å². The molecule has 4 nitrogen and oxygen atoms in total. The lowest BCUT2D eigenvalue weighted by Crippen LogP contribution is -2.45. The molecule has 0 heterocycles. The van der Waals surface area contributed by atoms with Crippen molar-refractivity contribution >= 4 is 11.6 Å². The zero-order valence-corrected chi connectivity index (χ0v) is 10.9. The molecule has 0 bridgehead atoms. The van der Waals surface area contributed by atoms with Crippen molar-refractivity contribution < 1.29 is 5.11 Å². The molecule has 4 heteroatoms. The number of benzene rings is 1. The average Bonchev–Trinajstić information content (AvgIpc) is 2.16. The molecule has 0 aliphatic heterocycles. The molecule has 1 aromatic rings. The zero-order valence-electron chi connectivity index (χ0n) is 10.9. The third kappa shape index (κ3) is 3.75. The molecule has 0 atom stereocenters. The molecule has 0 aromatic heterocycles. The van der Waals surface area contributed by atoms with Gasteiger partial charge in [-0.05, 0) is 39.8 Å². The lowest BCUT2D eigenvalue weighted by atomic mass is 9.87. The molecule has 0 aliphatic carbocycles. The second-order valence-corrected chi connectivity index (χ2v) is 5.11. The van der Waals surface area contributed by atoms with E-state index in [1.54, 1.807) is 13.8 Å². The van der Waals surface area contributed by atoms with E-state index >= 15 is 0 Å². The highest BCUT2D eigenvalue weighted by Crippen LogP contribution is 2.24. The van der Waals surface area contributed by atoms with Crippen molar-refractivity contribution in [2.75, 3.05) is 5.32 Å². The first kappa shape index (κ1) is 13.5. The Morgan fingerprint density at radius 3 is 2.18 bits per heavy atom. The summed E-state index contributed by atoms with van der Waals surface area (Å²) in [6.07, 6.45) is 0. The van der Waals surface area contributed by atoms with E-state index in [2.05, 4.69) is 10.3 Å². The smallest absolute Gasteiger partial charge is 0.193 e. The van der Waals surface area contributed by atoms with Crippen LogP contribution in [0.3, 0.4) is 0 Å². The van der Waals surface area contributed by atoms with Crippen molar-refractivity contribution in [2.45, 2.75) is 38.8 Å². The molecule has 0 saturated carbocycles. The van der Waals surface area contributed by atoms with Crippen molar-refractivity contribution in [1.82, 2.24) is 0 Å². The Labute approximate surface area is 103 Å².